The van der Waals surface area contributed by atoms with Crippen molar-refractivity contribution in [2.45, 2.75) is 43.8 Å². The molecule has 6 nitrogen and oxygen atoms in total. The highest BCUT2D eigenvalue weighted by Crippen LogP contribution is 2.42. The van der Waals surface area contributed by atoms with E-state index in [1.165, 1.54) is 24.8 Å². The number of methoxy groups -OCH3 is 1. The summed E-state index contributed by atoms with van der Waals surface area (Å²) < 4.78 is 29.5. The minimum Gasteiger partial charge on any atom is -0.760 e. The van der Waals surface area contributed by atoms with Gasteiger partial charge in [-0.1, -0.05) is 30.3 Å². The average Bonchev–Trinajstić information content (AvgIpc) is 3.52. The Balaban J connectivity index is 1.43. The molecule has 1 unspecified atom stereocenters. The lowest BCUT2D eigenvalue weighted by atomic mass is 9.99. The Morgan fingerprint density at radius 3 is 2.62 bits per heavy atom. The van der Waals surface area contributed by atoms with Gasteiger partial charge in [-0.15, -0.1) is 0 Å². The molecule has 2 aromatic rings. The maximum absolute atomic E-state index is 10.8. The Kier molecular flexibility index (Phi) is 6.62. The zero-order valence-corrected chi connectivity index (χ0v) is 17.5. The van der Waals surface area contributed by atoms with Crippen molar-refractivity contribution in [1.29, 1.82) is 0 Å². The number of rotatable bonds is 8. The third kappa shape index (κ3) is 5.24. The van der Waals surface area contributed by atoms with Crippen molar-refractivity contribution in [3.63, 3.8) is 0 Å². The van der Waals surface area contributed by atoms with Crippen LogP contribution in [-0.2, 0) is 17.8 Å². The normalized spacial score (nSPS) is 23.0. The van der Waals surface area contributed by atoms with Gasteiger partial charge in [0.05, 0.1) is 7.11 Å². The molecule has 1 aliphatic heterocycles. The lowest BCUT2D eigenvalue weighted by Gasteiger charge is -2.24. The zero-order valence-electron chi connectivity index (χ0n) is 16.6. The van der Waals surface area contributed by atoms with Gasteiger partial charge in [-0.05, 0) is 61.2 Å². The highest BCUT2D eigenvalue weighted by molar-refractivity contribution is 7.77. The predicted molar refractivity (Wildman–Crippen MR) is 114 cm³/mol. The molecule has 0 aromatic heterocycles. The topological polar surface area (TPSA) is 85.5 Å². The largest absolute Gasteiger partial charge is 0.760 e. The van der Waals surface area contributed by atoms with Gasteiger partial charge in [0.15, 0.2) is 0 Å². The summed E-state index contributed by atoms with van der Waals surface area (Å²) in [4.78, 5) is 0. The molecule has 2 fully saturated rings. The van der Waals surface area contributed by atoms with Crippen molar-refractivity contribution < 1.29 is 13.5 Å². The summed E-state index contributed by atoms with van der Waals surface area (Å²) in [7, 11) is 1.65. The second kappa shape index (κ2) is 9.36. The van der Waals surface area contributed by atoms with Crippen molar-refractivity contribution in [3.05, 3.63) is 53.6 Å². The monoisotopic (exact) mass is 414 g/mol. The van der Waals surface area contributed by atoms with Crippen molar-refractivity contribution in [3.8, 4) is 16.9 Å². The maximum Gasteiger partial charge on any atom is 0.126 e. The van der Waals surface area contributed by atoms with Crippen LogP contribution in [0.5, 0.6) is 5.75 Å². The van der Waals surface area contributed by atoms with Crippen molar-refractivity contribution in [2.75, 3.05) is 20.2 Å². The van der Waals surface area contributed by atoms with Gasteiger partial charge in [0.25, 0.3) is 0 Å². The van der Waals surface area contributed by atoms with E-state index in [9.17, 15) is 8.76 Å². The first kappa shape index (κ1) is 20.5. The van der Waals surface area contributed by atoms with Gasteiger partial charge in [-0.25, -0.2) is 4.72 Å². The van der Waals surface area contributed by atoms with E-state index in [1.54, 1.807) is 7.11 Å². The zero-order chi connectivity index (χ0) is 20.2. The van der Waals surface area contributed by atoms with Crippen LogP contribution in [-0.4, -0.2) is 41.0 Å². The number of piperidine rings is 1. The van der Waals surface area contributed by atoms with Crippen molar-refractivity contribution in [1.82, 2.24) is 15.4 Å². The molecular weight excluding hydrogens is 386 g/mol. The summed E-state index contributed by atoms with van der Waals surface area (Å²) in [6.45, 7) is 2.49. The molecule has 156 valence electrons. The molecule has 2 aromatic carbocycles. The molecule has 1 saturated heterocycles. The van der Waals surface area contributed by atoms with Gasteiger partial charge in [0.1, 0.15) is 5.75 Å². The average molecular weight is 415 g/mol. The molecule has 2 aliphatic rings. The van der Waals surface area contributed by atoms with Crippen LogP contribution < -0.4 is 20.1 Å². The van der Waals surface area contributed by atoms with Crippen LogP contribution in [0.3, 0.4) is 0 Å². The van der Waals surface area contributed by atoms with E-state index in [2.05, 4.69) is 39.6 Å². The molecule has 0 bridgehead atoms. The minimum absolute atomic E-state index is 0.261. The number of nitrogens with one attached hydrogen (secondary N) is 3. The second-order valence-electron chi connectivity index (χ2n) is 7.85. The van der Waals surface area contributed by atoms with Crippen LogP contribution in [0.4, 0.5) is 0 Å². The van der Waals surface area contributed by atoms with Crippen LogP contribution in [0.1, 0.15) is 36.3 Å². The molecule has 0 amide bonds. The van der Waals surface area contributed by atoms with E-state index in [0.29, 0.717) is 18.0 Å². The first-order valence-electron chi connectivity index (χ1n) is 10.2. The van der Waals surface area contributed by atoms with Crippen LogP contribution in [0, 0.1) is 0 Å². The van der Waals surface area contributed by atoms with E-state index < -0.39 is 11.3 Å². The number of hydrogen-bond acceptors (Lipinski definition) is 5. The third-order valence-corrected chi connectivity index (χ3v) is 6.27. The molecule has 1 aliphatic carbocycles. The Bertz CT molecular complexity index is 853. The van der Waals surface area contributed by atoms with E-state index in [4.69, 9.17) is 4.74 Å². The Hall–Kier alpha value is -1.77. The van der Waals surface area contributed by atoms with E-state index >= 15 is 0 Å². The molecule has 3 atom stereocenters. The number of hydrogen-bond donors (Lipinski definition) is 3. The fourth-order valence-electron chi connectivity index (χ4n) is 4.18. The van der Waals surface area contributed by atoms with Crippen molar-refractivity contribution in [2.24, 2.45) is 0 Å². The highest BCUT2D eigenvalue weighted by atomic mass is 32.2. The molecule has 29 heavy (non-hydrogen) atoms. The summed E-state index contributed by atoms with van der Waals surface area (Å²) in [5, 5.41) is 7.23. The second-order valence-corrected chi connectivity index (χ2v) is 8.61. The van der Waals surface area contributed by atoms with Gasteiger partial charge in [0.2, 0.25) is 0 Å². The Morgan fingerprint density at radius 2 is 1.93 bits per heavy atom. The molecule has 3 N–H and O–H groups in total. The molecule has 4 rings (SSSR count). The standard InChI is InChI=1S/C22H29N3O3S/c1-28-22-7-2-15(14-24-29(26)27)12-20(22)17-5-3-16(4-6-17)19-13-21(19)25-18-8-10-23-11-9-18/h2-7,12,18-19,21,23-25H,8-11,13-14H2,1H3,(H,26,27)/p-1/t19-,21+/m0/s1. The summed E-state index contributed by atoms with van der Waals surface area (Å²) in [5.41, 5.74) is 4.30. The number of ether oxygens (including phenoxy) is 1. The Labute approximate surface area is 174 Å². The SMILES string of the molecule is COc1ccc(CNS(=O)[O-])cc1-c1ccc([C@@H]2C[C@H]2NC2CCNCC2)cc1. The maximum atomic E-state index is 10.8. The van der Waals surface area contributed by atoms with Crippen LogP contribution in [0.15, 0.2) is 42.5 Å². The Morgan fingerprint density at radius 1 is 1.17 bits per heavy atom. The molecule has 1 heterocycles. The predicted octanol–water partition coefficient (Wildman–Crippen LogP) is 2.44. The van der Waals surface area contributed by atoms with Crippen LogP contribution in [0.2, 0.25) is 0 Å². The number of benzene rings is 2. The molecule has 7 heteroatoms. The van der Waals surface area contributed by atoms with E-state index in [1.807, 2.05) is 18.2 Å². The lowest BCUT2D eigenvalue weighted by Crippen LogP contribution is -2.41. The fourth-order valence-corrected chi connectivity index (χ4v) is 4.47. The summed E-state index contributed by atoms with van der Waals surface area (Å²) >= 11 is -2.27. The molecular formula is C22H28N3O3S-. The first-order valence-corrected chi connectivity index (χ1v) is 11.3. The van der Waals surface area contributed by atoms with Gasteiger partial charge >= 0.3 is 0 Å². The smallest absolute Gasteiger partial charge is 0.126 e. The van der Waals surface area contributed by atoms with Crippen LogP contribution in [0.25, 0.3) is 11.1 Å². The quantitative estimate of drug-likeness (QED) is 0.578. The first-order chi connectivity index (χ1) is 14.1. The molecule has 1 saturated carbocycles. The van der Waals surface area contributed by atoms with Crippen molar-refractivity contribution >= 4 is 11.3 Å². The summed E-state index contributed by atoms with van der Waals surface area (Å²) in [6, 6.07) is 15.7. The molecule has 0 radical (unpaired) electrons. The highest BCUT2D eigenvalue weighted by Gasteiger charge is 2.39. The van der Waals surface area contributed by atoms with Gasteiger partial charge in [0, 0.05) is 41.4 Å². The van der Waals surface area contributed by atoms with Gasteiger partial charge < -0.3 is 19.9 Å². The summed E-state index contributed by atoms with van der Waals surface area (Å²) in [5.74, 6) is 1.38. The summed E-state index contributed by atoms with van der Waals surface area (Å²) in [6.07, 6.45) is 3.64. The van der Waals surface area contributed by atoms with E-state index in [0.717, 1.165) is 35.5 Å². The fraction of sp³-hybridized carbons (Fsp3) is 0.455. The third-order valence-electron chi connectivity index (χ3n) is 5.89. The molecule has 0 spiro atoms. The minimum atomic E-state index is -2.27. The lowest BCUT2D eigenvalue weighted by molar-refractivity contribution is 0.383. The van der Waals surface area contributed by atoms with Crippen LogP contribution >= 0.6 is 0 Å². The van der Waals surface area contributed by atoms with Gasteiger partial charge in [-0.3, -0.25) is 4.21 Å². The van der Waals surface area contributed by atoms with Gasteiger partial charge in [-0.2, -0.15) is 0 Å². The van der Waals surface area contributed by atoms with E-state index in [-0.39, 0.29) is 6.54 Å².